The van der Waals surface area contributed by atoms with Crippen LogP contribution in [0.25, 0.3) is 0 Å². The summed E-state index contributed by atoms with van der Waals surface area (Å²) in [6.07, 6.45) is 4.28. The Balaban J connectivity index is 2.32. The Morgan fingerprint density at radius 2 is 1.89 bits per heavy atom. The maximum absolute atomic E-state index is 11.8. The molecule has 5 nitrogen and oxygen atoms in total. The smallest absolute Gasteiger partial charge is 0.321 e. The molecule has 1 aliphatic rings. The van der Waals surface area contributed by atoms with Crippen molar-refractivity contribution in [3.63, 3.8) is 0 Å². The van der Waals surface area contributed by atoms with Crippen molar-refractivity contribution in [2.75, 3.05) is 14.1 Å². The van der Waals surface area contributed by atoms with Crippen LogP contribution in [0.5, 0.6) is 0 Å². The van der Waals surface area contributed by atoms with E-state index >= 15 is 0 Å². The van der Waals surface area contributed by atoms with Gasteiger partial charge in [-0.05, 0) is 19.8 Å². The van der Waals surface area contributed by atoms with Crippen molar-refractivity contribution >= 4 is 40.2 Å². The molecule has 0 aromatic heterocycles. The van der Waals surface area contributed by atoms with Gasteiger partial charge in [-0.1, -0.05) is 36.8 Å². The molecule has 1 rings (SSSR count). The van der Waals surface area contributed by atoms with E-state index in [0.717, 1.165) is 25.7 Å². The van der Waals surface area contributed by atoms with Gasteiger partial charge >= 0.3 is 6.03 Å². The van der Waals surface area contributed by atoms with Crippen LogP contribution in [0.3, 0.4) is 0 Å². The van der Waals surface area contributed by atoms with Gasteiger partial charge in [-0.25, -0.2) is 4.79 Å². The highest BCUT2D eigenvalue weighted by atomic mass is 32.2. The van der Waals surface area contributed by atoms with Gasteiger partial charge in [-0.2, -0.15) is 0 Å². The van der Waals surface area contributed by atoms with Crippen molar-refractivity contribution < 1.29 is 9.59 Å². The van der Waals surface area contributed by atoms with Crippen LogP contribution in [0.2, 0.25) is 0 Å². The van der Waals surface area contributed by atoms with E-state index in [2.05, 4.69) is 10.6 Å². The number of imide groups is 1. The normalized spacial score (nSPS) is 16.8. The highest BCUT2D eigenvalue weighted by molar-refractivity contribution is 8.23. The molecular formula is C12H21N3O2S2. The summed E-state index contributed by atoms with van der Waals surface area (Å²) < 4.78 is 0.624. The van der Waals surface area contributed by atoms with Gasteiger partial charge in [0.2, 0.25) is 5.91 Å². The zero-order chi connectivity index (χ0) is 14.4. The first kappa shape index (κ1) is 16.2. The van der Waals surface area contributed by atoms with E-state index in [1.165, 1.54) is 11.8 Å². The Hall–Kier alpha value is -0.820. The summed E-state index contributed by atoms with van der Waals surface area (Å²) in [7, 11) is 3.65. The molecule has 0 aromatic rings. The fourth-order valence-electron chi connectivity index (χ4n) is 1.82. The van der Waals surface area contributed by atoms with Crippen LogP contribution < -0.4 is 10.6 Å². The van der Waals surface area contributed by atoms with E-state index in [0.29, 0.717) is 4.32 Å². The summed E-state index contributed by atoms with van der Waals surface area (Å²) in [6, 6.07) is -0.196. The molecule has 1 saturated carbocycles. The third-order valence-electron chi connectivity index (χ3n) is 2.94. The molecule has 1 aliphatic carbocycles. The topological polar surface area (TPSA) is 61.4 Å². The molecule has 0 radical (unpaired) electrons. The minimum absolute atomic E-state index is 0.207. The van der Waals surface area contributed by atoms with Crippen LogP contribution in [0.1, 0.15) is 32.6 Å². The summed E-state index contributed by atoms with van der Waals surface area (Å²) in [4.78, 5) is 25.2. The molecule has 0 unspecified atom stereocenters. The molecule has 108 valence electrons. The zero-order valence-corrected chi connectivity index (χ0v) is 13.2. The number of nitrogens with zero attached hydrogens (tertiary/aromatic N) is 1. The maximum Gasteiger partial charge on any atom is 0.321 e. The van der Waals surface area contributed by atoms with Gasteiger partial charge in [-0.3, -0.25) is 10.1 Å². The number of nitrogens with one attached hydrogen (secondary N) is 2. The van der Waals surface area contributed by atoms with Gasteiger partial charge < -0.3 is 10.2 Å². The monoisotopic (exact) mass is 303 g/mol. The summed E-state index contributed by atoms with van der Waals surface area (Å²) >= 11 is 6.38. The molecule has 1 fully saturated rings. The maximum atomic E-state index is 11.8. The Bertz CT molecular complexity index is 355. The van der Waals surface area contributed by atoms with Gasteiger partial charge in [-0.15, -0.1) is 0 Å². The second kappa shape index (κ2) is 7.69. The fraction of sp³-hybridized carbons (Fsp3) is 0.750. The first-order chi connectivity index (χ1) is 8.90. The number of carbonyl (C=O) groups excluding carboxylic acids is 2. The SMILES string of the molecule is C[C@@H](SC(=S)N(C)C)C(=O)NC(=O)NC1CCCC1. The second-order valence-electron chi connectivity index (χ2n) is 4.86. The van der Waals surface area contributed by atoms with Gasteiger partial charge in [0.15, 0.2) is 0 Å². The van der Waals surface area contributed by atoms with Crippen LogP contribution in [-0.4, -0.2) is 46.5 Å². The molecule has 0 aliphatic heterocycles. The number of amides is 3. The quantitative estimate of drug-likeness (QED) is 0.778. The van der Waals surface area contributed by atoms with Crippen LogP contribution >= 0.6 is 24.0 Å². The molecule has 0 spiro atoms. The molecule has 7 heteroatoms. The first-order valence-corrected chi connectivity index (χ1v) is 7.68. The van der Waals surface area contributed by atoms with Crippen molar-refractivity contribution in [1.29, 1.82) is 0 Å². The molecule has 0 aromatic carbocycles. The van der Waals surface area contributed by atoms with Crippen molar-refractivity contribution in [3.05, 3.63) is 0 Å². The van der Waals surface area contributed by atoms with Crippen LogP contribution in [0.4, 0.5) is 4.79 Å². The lowest BCUT2D eigenvalue weighted by atomic mass is 10.2. The largest absolute Gasteiger partial charge is 0.364 e. The molecule has 0 saturated heterocycles. The van der Waals surface area contributed by atoms with Gasteiger partial charge in [0.05, 0.1) is 5.25 Å². The number of rotatable bonds is 3. The number of carbonyl (C=O) groups is 2. The average molecular weight is 303 g/mol. The van der Waals surface area contributed by atoms with Crippen molar-refractivity contribution in [1.82, 2.24) is 15.5 Å². The highest BCUT2D eigenvalue weighted by Gasteiger charge is 2.21. The minimum Gasteiger partial charge on any atom is -0.364 e. The number of urea groups is 1. The Kier molecular flexibility index (Phi) is 6.57. The van der Waals surface area contributed by atoms with E-state index in [9.17, 15) is 9.59 Å². The number of thioether (sulfide) groups is 1. The van der Waals surface area contributed by atoms with Crippen molar-refractivity contribution in [2.45, 2.75) is 43.9 Å². The minimum atomic E-state index is -0.403. The molecular weight excluding hydrogens is 282 g/mol. The van der Waals surface area contributed by atoms with E-state index in [1.807, 2.05) is 14.1 Å². The van der Waals surface area contributed by atoms with Gasteiger partial charge in [0, 0.05) is 20.1 Å². The summed E-state index contributed by atoms with van der Waals surface area (Å²) in [5, 5.41) is 4.80. The Labute approximate surface area is 123 Å². The molecule has 19 heavy (non-hydrogen) atoms. The van der Waals surface area contributed by atoms with Crippen molar-refractivity contribution in [3.8, 4) is 0 Å². The lowest BCUT2D eigenvalue weighted by molar-refractivity contribution is -0.119. The molecule has 0 heterocycles. The van der Waals surface area contributed by atoms with E-state index in [4.69, 9.17) is 12.2 Å². The second-order valence-corrected chi connectivity index (χ2v) is 6.84. The average Bonchev–Trinajstić information content (AvgIpc) is 2.80. The lowest BCUT2D eigenvalue weighted by Gasteiger charge is -2.17. The summed E-state index contributed by atoms with van der Waals surface area (Å²) in [6.45, 7) is 1.73. The number of hydrogen-bond donors (Lipinski definition) is 2. The zero-order valence-electron chi connectivity index (χ0n) is 11.6. The summed E-state index contributed by atoms with van der Waals surface area (Å²) in [5.41, 5.74) is 0. The lowest BCUT2D eigenvalue weighted by Crippen LogP contribution is -2.46. The Morgan fingerprint density at radius 1 is 1.32 bits per heavy atom. The molecule has 3 amide bonds. The van der Waals surface area contributed by atoms with Crippen LogP contribution in [0.15, 0.2) is 0 Å². The fourth-order valence-corrected chi connectivity index (χ4v) is 2.93. The number of thiocarbonyl (C=S) groups is 1. The summed E-state index contributed by atoms with van der Waals surface area (Å²) in [5.74, 6) is -0.315. The predicted octanol–water partition coefficient (Wildman–Crippen LogP) is 1.72. The van der Waals surface area contributed by atoms with E-state index in [-0.39, 0.29) is 17.2 Å². The molecule has 0 bridgehead atoms. The standard InChI is InChI=1S/C12H21N3O2S2/c1-8(19-12(18)15(2)3)10(16)14-11(17)13-9-6-4-5-7-9/h8-9H,4-7H2,1-3H3,(H2,13,14,16,17)/t8-/m1/s1. The predicted molar refractivity (Wildman–Crippen MR) is 82.3 cm³/mol. The third kappa shape index (κ3) is 5.78. The highest BCUT2D eigenvalue weighted by Crippen LogP contribution is 2.17. The van der Waals surface area contributed by atoms with Crippen LogP contribution in [0, 0.1) is 0 Å². The molecule has 1 atom stereocenters. The van der Waals surface area contributed by atoms with E-state index < -0.39 is 6.03 Å². The Morgan fingerprint density at radius 3 is 2.42 bits per heavy atom. The van der Waals surface area contributed by atoms with Crippen molar-refractivity contribution in [2.24, 2.45) is 0 Å². The number of hydrogen-bond acceptors (Lipinski definition) is 4. The molecule has 2 N–H and O–H groups in total. The van der Waals surface area contributed by atoms with E-state index in [1.54, 1.807) is 11.8 Å². The van der Waals surface area contributed by atoms with Gasteiger partial charge in [0.25, 0.3) is 0 Å². The third-order valence-corrected chi connectivity index (χ3v) is 4.73. The van der Waals surface area contributed by atoms with Crippen LogP contribution in [-0.2, 0) is 4.79 Å². The van der Waals surface area contributed by atoms with Gasteiger partial charge in [0.1, 0.15) is 4.32 Å². The first-order valence-electron chi connectivity index (χ1n) is 6.39.